The molecule has 1 saturated heterocycles. The van der Waals surface area contributed by atoms with E-state index in [-0.39, 0.29) is 36.0 Å². The number of aromatic nitrogens is 2. The molecule has 7 nitrogen and oxygen atoms in total. The van der Waals surface area contributed by atoms with Gasteiger partial charge in [-0.3, -0.25) is 9.36 Å². The molecule has 2 aromatic rings. The molecule has 1 unspecified atom stereocenters. The highest BCUT2D eigenvalue weighted by molar-refractivity contribution is 7.91. The predicted octanol–water partition coefficient (Wildman–Crippen LogP) is 1.80. The predicted molar refractivity (Wildman–Crippen MR) is 98.7 cm³/mol. The molecule has 5 rings (SSSR count). The van der Waals surface area contributed by atoms with E-state index in [1.54, 1.807) is 11.2 Å². The van der Waals surface area contributed by atoms with Crippen molar-refractivity contribution in [2.45, 2.75) is 31.9 Å². The lowest BCUT2D eigenvalue weighted by Crippen LogP contribution is -2.44. The minimum atomic E-state index is -3.11. The SMILES string of the molecule is O=C(c1ncn2c1COc1ccccc1-2)N1CCCS(=O)(=O)CC1C1CC1. The molecule has 3 aliphatic rings. The second-order valence-electron chi connectivity index (χ2n) is 7.54. The maximum absolute atomic E-state index is 13.4. The normalized spacial score (nSPS) is 23.7. The van der Waals surface area contributed by atoms with Gasteiger partial charge in [0, 0.05) is 12.6 Å². The van der Waals surface area contributed by atoms with Gasteiger partial charge in [0.05, 0.1) is 22.9 Å². The van der Waals surface area contributed by atoms with Gasteiger partial charge in [0.1, 0.15) is 18.7 Å². The van der Waals surface area contributed by atoms with E-state index < -0.39 is 9.84 Å². The summed E-state index contributed by atoms with van der Waals surface area (Å²) in [4.78, 5) is 19.5. The fourth-order valence-electron chi connectivity index (χ4n) is 4.14. The molecule has 1 amide bonds. The summed E-state index contributed by atoms with van der Waals surface area (Å²) in [5.74, 6) is 1.09. The zero-order valence-electron chi connectivity index (χ0n) is 14.9. The number of carbonyl (C=O) groups excluding carboxylic acids is 1. The Balaban J connectivity index is 1.51. The van der Waals surface area contributed by atoms with Gasteiger partial charge in [-0.1, -0.05) is 12.1 Å². The monoisotopic (exact) mass is 387 g/mol. The number of rotatable bonds is 2. The van der Waals surface area contributed by atoms with E-state index in [1.165, 1.54) is 0 Å². The smallest absolute Gasteiger partial charge is 0.274 e. The number of imidazole rings is 1. The fraction of sp³-hybridized carbons (Fsp3) is 0.474. The van der Waals surface area contributed by atoms with Gasteiger partial charge in [-0.25, -0.2) is 13.4 Å². The van der Waals surface area contributed by atoms with E-state index in [0.29, 0.717) is 18.7 Å². The minimum Gasteiger partial charge on any atom is -0.485 e. The molecule has 0 bridgehead atoms. The van der Waals surface area contributed by atoms with Gasteiger partial charge in [-0.2, -0.15) is 0 Å². The largest absolute Gasteiger partial charge is 0.485 e. The Bertz CT molecular complexity index is 1010. The van der Waals surface area contributed by atoms with Crippen molar-refractivity contribution in [1.29, 1.82) is 0 Å². The number of fused-ring (bicyclic) bond motifs is 3. The highest BCUT2D eigenvalue weighted by Gasteiger charge is 2.42. The Labute approximate surface area is 157 Å². The van der Waals surface area contributed by atoms with Crippen LogP contribution in [0, 0.1) is 5.92 Å². The summed E-state index contributed by atoms with van der Waals surface area (Å²) >= 11 is 0. The highest BCUT2D eigenvalue weighted by atomic mass is 32.2. The van der Waals surface area contributed by atoms with Crippen LogP contribution in [-0.2, 0) is 16.4 Å². The molecule has 8 heteroatoms. The minimum absolute atomic E-state index is 0.0682. The summed E-state index contributed by atoms with van der Waals surface area (Å²) in [6.45, 7) is 0.737. The molecule has 142 valence electrons. The number of ether oxygens (including phenoxy) is 1. The Hall–Kier alpha value is -2.35. The van der Waals surface area contributed by atoms with Crippen LogP contribution in [-0.4, -0.2) is 52.9 Å². The average Bonchev–Trinajstić information content (AvgIpc) is 3.43. The highest BCUT2D eigenvalue weighted by Crippen LogP contribution is 2.38. The van der Waals surface area contributed by atoms with Gasteiger partial charge in [0.15, 0.2) is 15.5 Å². The lowest BCUT2D eigenvalue weighted by Gasteiger charge is -2.29. The Morgan fingerprint density at radius 3 is 2.85 bits per heavy atom. The topological polar surface area (TPSA) is 81.5 Å². The van der Waals surface area contributed by atoms with E-state index in [1.807, 2.05) is 28.8 Å². The molecule has 0 spiro atoms. The first-order valence-corrected chi connectivity index (χ1v) is 11.2. The summed E-state index contributed by atoms with van der Waals surface area (Å²) < 4.78 is 32.2. The number of nitrogens with zero attached hydrogens (tertiary/aromatic N) is 3. The number of sulfone groups is 1. The van der Waals surface area contributed by atoms with E-state index in [9.17, 15) is 13.2 Å². The first kappa shape index (κ1) is 16.8. The number of carbonyl (C=O) groups is 1. The summed E-state index contributed by atoms with van der Waals surface area (Å²) in [7, 11) is -3.11. The van der Waals surface area contributed by atoms with Crippen LogP contribution in [0.1, 0.15) is 35.4 Å². The number of amides is 1. The van der Waals surface area contributed by atoms with Gasteiger partial charge >= 0.3 is 0 Å². The molecule has 0 N–H and O–H groups in total. The molecule has 2 fully saturated rings. The second kappa shape index (κ2) is 6.09. The molecule has 3 heterocycles. The molecule has 1 aliphatic carbocycles. The Kier molecular flexibility index (Phi) is 3.79. The van der Waals surface area contributed by atoms with Gasteiger partial charge in [-0.15, -0.1) is 0 Å². The van der Waals surface area contributed by atoms with E-state index in [0.717, 1.165) is 30.0 Å². The van der Waals surface area contributed by atoms with Crippen molar-refractivity contribution in [2.75, 3.05) is 18.1 Å². The van der Waals surface area contributed by atoms with Crippen molar-refractivity contribution >= 4 is 15.7 Å². The van der Waals surface area contributed by atoms with Crippen molar-refractivity contribution in [1.82, 2.24) is 14.5 Å². The van der Waals surface area contributed by atoms with Crippen molar-refractivity contribution in [3.8, 4) is 11.4 Å². The maximum atomic E-state index is 13.4. The van der Waals surface area contributed by atoms with Crippen molar-refractivity contribution in [2.24, 2.45) is 5.92 Å². The first-order chi connectivity index (χ1) is 13.0. The van der Waals surface area contributed by atoms with E-state index in [4.69, 9.17) is 4.74 Å². The van der Waals surface area contributed by atoms with Crippen molar-refractivity contribution in [3.05, 3.63) is 42.0 Å². The van der Waals surface area contributed by atoms with Crippen LogP contribution in [0.2, 0.25) is 0 Å². The molecular weight excluding hydrogens is 366 g/mol. The second-order valence-corrected chi connectivity index (χ2v) is 9.77. The first-order valence-electron chi connectivity index (χ1n) is 9.33. The van der Waals surface area contributed by atoms with Gasteiger partial charge < -0.3 is 9.64 Å². The lowest BCUT2D eigenvalue weighted by molar-refractivity contribution is 0.0671. The molecule has 1 aromatic carbocycles. The van der Waals surface area contributed by atoms with Crippen LogP contribution in [0.15, 0.2) is 30.6 Å². The quantitative estimate of drug-likeness (QED) is 0.785. The van der Waals surface area contributed by atoms with Crippen LogP contribution in [0.4, 0.5) is 0 Å². The zero-order valence-corrected chi connectivity index (χ0v) is 15.7. The van der Waals surface area contributed by atoms with Crippen LogP contribution >= 0.6 is 0 Å². The van der Waals surface area contributed by atoms with Crippen LogP contribution in [0.3, 0.4) is 0 Å². The average molecular weight is 387 g/mol. The summed E-state index contributed by atoms with van der Waals surface area (Å²) in [5.41, 5.74) is 1.96. The van der Waals surface area contributed by atoms with Crippen LogP contribution < -0.4 is 4.74 Å². The molecule has 1 saturated carbocycles. The molecule has 0 radical (unpaired) electrons. The van der Waals surface area contributed by atoms with Crippen molar-refractivity contribution < 1.29 is 17.9 Å². The third kappa shape index (κ3) is 2.92. The third-order valence-electron chi connectivity index (χ3n) is 5.66. The number of para-hydroxylation sites is 2. The Morgan fingerprint density at radius 2 is 2.04 bits per heavy atom. The van der Waals surface area contributed by atoms with Crippen LogP contribution in [0.25, 0.3) is 5.69 Å². The maximum Gasteiger partial charge on any atom is 0.274 e. The van der Waals surface area contributed by atoms with Gasteiger partial charge in [0.2, 0.25) is 0 Å². The summed E-state index contributed by atoms with van der Waals surface area (Å²) in [5, 5.41) is 0. The van der Waals surface area contributed by atoms with Crippen molar-refractivity contribution in [3.63, 3.8) is 0 Å². The number of hydrogen-bond donors (Lipinski definition) is 0. The van der Waals surface area contributed by atoms with Gasteiger partial charge in [-0.05, 0) is 37.3 Å². The van der Waals surface area contributed by atoms with E-state index in [2.05, 4.69) is 4.98 Å². The molecular formula is C19H21N3O4S. The Morgan fingerprint density at radius 1 is 1.22 bits per heavy atom. The zero-order chi connectivity index (χ0) is 18.6. The van der Waals surface area contributed by atoms with Crippen LogP contribution in [0.5, 0.6) is 5.75 Å². The summed E-state index contributed by atoms with van der Waals surface area (Å²) in [6, 6.07) is 7.41. The number of benzene rings is 1. The fourth-order valence-corrected chi connectivity index (χ4v) is 5.84. The third-order valence-corrected chi connectivity index (χ3v) is 7.42. The molecule has 1 atom stereocenters. The van der Waals surface area contributed by atoms with E-state index >= 15 is 0 Å². The number of hydrogen-bond acceptors (Lipinski definition) is 5. The standard InChI is InChI=1S/C19H21N3O4S/c23-19(21-8-3-9-27(24,25)11-16(21)13-6-7-13)18-15-10-26-17-5-2-1-4-14(17)22(15)12-20-18/h1-2,4-5,12-13,16H,3,6-11H2. The molecule has 1 aromatic heterocycles. The molecule has 27 heavy (non-hydrogen) atoms. The summed E-state index contributed by atoms with van der Waals surface area (Å²) in [6.07, 6.45) is 4.11. The lowest BCUT2D eigenvalue weighted by atomic mass is 10.1. The molecule has 2 aliphatic heterocycles. The van der Waals surface area contributed by atoms with Gasteiger partial charge in [0.25, 0.3) is 5.91 Å².